The Hall–Kier alpha value is -1.81. The highest BCUT2D eigenvalue weighted by atomic mass is 16.5. The minimum absolute atomic E-state index is 0.121. The molecule has 0 amide bonds. The van der Waals surface area contributed by atoms with Gasteiger partial charge < -0.3 is 14.9 Å². The quantitative estimate of drug-likeness (QED) is 0.793. The number of carbonyl (C=O) groups is 1. The number of aliphatic hydroxyl groups is 1. The Morgan fingerprint density at radius 2 is 2.25 bits per heavy atom. The van der Waals surface area contributed by atoms with Crippen LogP contribution >= 0.6 is 0 Å². The van der Waals surface area contributed by atoms with Crippen LogP contribution in [0.3, 0.4) is 0 Å². The van der Waals surface area contributed by atoms with Gasteiger partial charge in [-0.2, -0.15) is 0 Å². The van der Waals surface area contributed by atoms with Crippen LogP contribution in [-0.4, -0.2) is 28.4 Å². The van der Waals surface area contributed by atoms with Gasteiger partial charge in [0.25, 0.3) is 0 Å². The molecule has 4 heteroatoms. The van der Waals surface area contributed by atoms with E-state index in [2.05, 4.69) is 0 Å². The molecular weight excluding hydrogens is 208 g/mol. The highest BCUT2D eigenvalue weighted by Gasteiger charge is 2.26. The summed E-state index contributed by atoms with van der Waals surface area (Å²) in [4.78, 5) is 10.8. The van der Waals surface area contributed by atoms with Gasteiger partial charge in [0.15, 0.2) is 0 Å². The molecular formula is C12H12O4. The zero-order valence-electron chi connectivity index (χ0n) is 8.80. The van der Waals surface area contributed by atoms with E-state index < -0.39 is 11.6 Å². The number of fused-ring (bicyclic) bond motifs is 1. The lowest BCUT2D eigenvalue weighted by molar-refractivity contribution is 0.0638. The van der Waals surface area contributed by atoms with Crippen molar-refractivity contribution in [1.82, 2.24) is 0 Å². The third kappa shape index (κ3) is 1.79. The van der Waals surface area contributed by atoms with Crippen LogP contribution in [0.2, 0.25) is 0 Å². The Morgan fingerprint density at radius 3 is 2.88 bits per heavy atom. The smallest absolute Gasteiger partial charge is 0.335 e. The van der Waals surface area contributed by atoms with E-state index in [0.29, 0.717) is 11.3 Å². The zero-order chi connectivity index (χ0) is 11.8. The summed E-state index contributed by atoms with van der Waals surface area (Å²) in [6.07, 6.45) is 3.49. The predicted octanol–water partition coefficient (Wildman–Crippen LogP) is 1.54. The number of carboxylic acids is 1. The summed E-state index contributed by atoms with van der Waals surface area (Å²) in [6, 6.07) is 4.64. The molecule has 1 heterocycles. The topological polar surface area (TPSA) is 66.8 Å². The van der Waals surface area contributed by atoms with Crippen LogP contribution in [0.15, 0.2) is 24.3 Å². The van der Waals surface area contributed by atoms with E-state index in [4.69, 9.17) is 14.9 Å². The zero-order valence-corrected chi connectivity index (χ0v) is 8.80. The van der Waals surface area contributed by atoms with Crippen molar-refractivity contribution in [3.05, 3.63) is 35.4 Å². The minimum atomic E-state index is -0.966. The fourth-order valence-electron chi connectivity index (χ4n) is 1.54. The molecule has 0 saturated carbocycles. The fraction of sp³-hybridized carbons (Fsp3) is 0.250. The molecule has 0 bridgehead atoms. The van der Waals surface area contributed by atoms with Gasteiger partial charge in [-0.15, -0.1) is 0 Å². The summed E-state index contributed by atoms with van der Waals surface area (Å²) in [5.41, 5.74) is 0.211. The molecule has 0 radical (unpaired) electrons. The van der Waals surface area contributed by atoms with Crippen molar-refractivity contribution >= 4 is 12.0 Å². The van der Waals surface area contributed by atoms with Crippen LogP contribution in [0.1, 0.15) is 22.8 Å². The van der Waals surface area contributed by atoms with Crippen LogP contribution in [0.5, 0.6) is 5.75 Å². The predicted molar refractivity (Wildman–Crippen MR) is 58.6 cm³/mol. The van der Waals surface area contributed by atoms with Crippen LogP contribution in [0, 0.1) is 0 Å². The van der Waals surface area contributed by atoms with Crippen LogP contribution in [0.4, 0.5) is 0 Å². The molecule has 16 heavy (non-hydrogen) atoms. The van der Waals surface area contributed by atoms with Gasteiger partial charge in [0.05, 0.1) is 12.2 Å². The van der Waals surface area contributed by atoms with Gasteiger partial charge >= 0.3 is 5.97 Å². The number of benzene rings is 1. The number of aliphatic hydroxyl groups excluding tert-OH is 1. The molecule has 0 fully saturated rings. The van der Waals surface area contributed by atoms with Crippen molar-refractivity contribution in [2.24, 2.45) is 0 Å². The maximum atomic E-state index is 10.8. The number of hydrogen-bond acceptors (Lipinski definition) is 3. The molecule has 0 aliphatic carbocycles. The van der Waals surface area contributed by atoms with E-state index in [0.717, 1.165) is 0 Å². The first-order chi connectivity index (χ1) is 7.54. The van der Waals surface area contributed by atoms with Crippen molar-refractivity contribution in [3.8, 4) is 5.75 Å². The Balaban J connectivity index is 2.40. The fourth-order valence-corrected chi connectivity index (χ4v) is 1.54. The van der Waals surface area contributed by atoms with Crippen molar-refractivity contribution < 1.29 is 19.7 Å². The second-order valence-corrected chi connectivity index (χ2v) is 3.96. The van der Waals surface area contributed by atoms with Gasteiger partial charge in [0.1, 0.15) is 11.4 Å². The van der Waals surface area contributed by atoms with E-state index in [-0.39, 0.29) is 12.2 Å². The molecule has 4 nitrogen and oxygen atoms in total. The summed E-state index contributed by atoms with van der Waals surface area (Å²) in [5.74, 6) is -0.379. The van der Waals surface area contributed by atoms with E-state index in [1.54, 1.807) is 31.2 Å². The van der Waals surface area contributed by atoms with E-state index in [9.17, 15) is 4.79 Å². The number of ether oxygens (including phenoxy) is 1. The molecule has 2 rings (SSSR count). The van der Waals surface area contributed by atoms with Gasteiger partial charge in [-0.3, -0.25) is 0 Å². The molecule has 0 spiro atoms. The van der Waals surface area contributed by atoms with Gasteiger partial charge in [-0.25, -0.2) is 4.79 Å². The lowest BCUT2D eigenvalue weighted by atomic mass is 10.00. The molecule has 0 aromatic heterocycles. The minimum Gasteiger partial charge on any atom is -0.480 e. The third-order valence-electron chi connectivity index (χ3n) is 2.53. The molecule has 0 saturated heterocycles. The highest BCUT2D eigenvalue weighted by Crippen LogP contribution is 2.31. The second-order valence-electron chi connectivity index (χ2n) is 3.96. The number of carboxylic acid groups (broad SMARTS) is 1. The van der Waals surface area contributed by atoms with Crippen molar-refractivity contribution in [3.63, 3.8) is 0 Å². The van der Waals surface area contributed by atoms with Gasteiger partial charge in [0, 0.05) is 5.56 Å². The summed E-state index contributed by atoms with van der Waals surface area (Å²) in [6.45, 7) is 1.64. The second kappa shape index (κ2) is 3.64. The molecule has 1 atom stereocenters. The average molecular weight is 220 g/mol. The summed E-state index contributed by atoms with van der Waals surface area (Å²) >= 11 is 0. The highest BCUT2D eigenvalue weighted by molar-refractivity contribution is 5.89. The summed E-state index contributed by atoms with van der Waals surface area (Å²) < 4.78 is 5.57. The molecule has 1 aromatic rings. The molecule has 1 aromatic carbocycles. The molecule has 1 aliphatic rings. The number of rotatable bonds is 2. The van der Waals surface area contributed by atoms with Crippen molar-refractivity contribution in [1.29, 1.82) is 0 Å². The van der Waals surface area contributed by atoms with Crippen LogP contribution < -0.4 is 4.74 Å². The van der Waals surface area contributed by atoms with E-state index >= 15 is 0 Å². The lowest BCUT2D eigenvalue weighted by Gasteiger charge is -2.29. The summed E-state index contributed by atoms with van der Waals surface area (Å²) in [7, 11) is 0. The molecule has 1 unspecified atom stereocenters. The summed E-state index contributed by atoms with van der Waals surface area (Å²) in [5, 5.41) is 18.0. The average Bonchev–Trinajstić information content (AvgIpc) is 2.28. The van der Waals surface area contributed by atoms with E-state index in [1.165, 1.54) is 6.07 Å². The monoisotopic (exact) mass is 220 g/mol. The van der Waals surface area contributed by atoms with Crippen molar-refractivity contribution in [2.45, 2.75) is 12.5 Å². The first-order valence-corrected chi connectivity index (χ1v) is 4.90. The number of aromatic carboxylic acids is 1. The lowest BCUT2D eigenvalue weighted by Crippen LogP contribution is -2.35. The molecule has 1 aliphatic heterocycles. The van der Waals surface area contributed by atoms with E-state index in [1.807, 2.05) is 0 Å². The largest absolute Gasteiger partial charge is 0.480 e. The molecule has 84 valence electrons. The first-order valence-electron chi connectivity index (χ1n) is 4.90. The van der Waals surface area contributed by atoms with Crippen LogP contribution in [0.25, 0.3) is 6.08 Å². The maximum absolute atomic E-state index is 10.8. The Bertz CT molecular complexity index is 464. The van der Waals surface area contributed by atoms with Gasteiger partial charge in [-0.05, 0) is 31.2 Å². The maximum Gasteiger partial charge on any atom is 0.335 e. The first kappa shape index (κ1) is 10.7. The normalized spacial score (nSPS) is 22.4. The SMILES string of the molecule is CC1(CO)C=Cc2cc(C(=O)O)ccc2O1. The van der Waals surface area contributed by atoms with Crippen LogP contribution in [-0.2, 0) is 0 Å². The third-order valence-corrected chi connectivity index (χ3v) is 2.53. The standard InChI is InChI=1S/C12H12O4/c1-12(7-13)5-4-8-6-9(11(14)15)2-3-10(8)16-12/h2-6,13H,7H2,1H3,(H,14,15). The number of hydrogen-bond donors (Lipinski definition) is 2. The van der Waals surface area contributed by atoms with Gasteiger partial charge in [-0.1, -0.05) is 6.08 Å². The van der Waals surface area contributed by atoms with Gasteiger partial charge in [0.2, 0.25) is 0 Å². The Morgan fingerprint density at radius 1 is 1.50 bits per heavy atom. The van der Waals surface area contributed by atoms with Crippen molar-refractivity contribution in [2.75, 3.05) is 6.61 Å². The Kier molecular flexibility index (Phi) is 2.44. The Labute approximate surface area is 92.8 Å². The molecule has 2 N–H and O–H groups in total.